The van der Waals surface area contributed by atoms with Crippen LogP contribution >= 0.6 is 0 Å². The third-order valence-electron chi connectivity index (χ3n) is 5.85. The van der Waals surface area contributed by atoms with Gasteiger partial charge in [-0.2, -0.15) is 10.1 Å². The number of Topliss-reactive ketones (excluding diaryl/α,β-unsaturated/α-hetero) is 1. The molecule has 0 bridgehead atoms. The molecule has 1 unspecified atom stereocenters. The summed E-state index contributed by atoms with van der Waals surface area (Å²) in [4.78, 5) is 21.1. The van der Waals surface area contributed by atoms with Crippen LogP contribution in [-0.4, -0.2) is 30.1 Å². The molecule has 28 heavy (non-hydrogen) atoms. The van der Waals surface area contributed by atoms with Crippen LogP contribution in [0.15, 0.2) is 30.9 Å². The number of hydrogen-bond donors (Lipinski definition) is 1. The average Bonchev–Trinajstić information content (AvgIpc) is 3.39. The lowest BCUT2D eigenvalue weighted by molar-refractivity contribution is -0.120. The summed E-state index contributed by atoms with van der Waals surface area (Å²) < 4.78 is 3.98. The van der Waals surface area contributed by atoms with Crippen LogP contribution in [-0.2, 0) is 11.3 Å². The highest BCUT2D eigenvalue weighted by Crippen LogP contribution is 2.27. The molecule has 1 fully saturated rings. The molecule has 3 aromatic rings. The second-order valence-corrected chi connectivity index (χ2v) is 8.06. The second kappa shape index (κ2) is 7.73. The molecule has 3 aromatic heterocycles. The molecule has 148 valence electrons. The lowest BCUT2D eigenvalue weighted by Crippen LogP contribution is -2.15. The molecule has 1 saturated carbocycles. The van der Waals surface area contributed by atoms with Gasteiger partial charge in [0.05, 0.1) is 11.9 Å². The predicted molar refractivity (Wildman–Crippen MR) is 110 cm³/mol. The number of rotatable bonds is 7. The summed E-state index contributed by atoms with van der Waals surface area (Å²) in [5, 5.41) is 8.63. The van der Waals surface area contributed by atoms with E-state index in [9.17, 15) is 4.79 Å². The minimum absolute atomic E-state index is 0.127. The molecule has 7 nitrogen and oxygen atoms in total. The first-order valence-electron chi connectivity index (χ1n) is 10.2. The van der Waals surface area contributed by atoms with Crippen molar-refractivity contribution in [1.29, 1.82) is 0 Å². The largest absolute Gasteiger partial charge is 0.332 e. The number of aromatic nitrogens is 5. The molecule has 0 saturated heterocycles. The Morgan fingerprint density at radius 1 is 1.32 bits per heavy atom. The van der Waals surface area contributed by atoms with Crippen molar-refractivity contribution in [3.05, 3.63) is 30.9 Å². The molecule has 2 atom stereocenters. The van der Waals surface area contributed by atoms with E-state index in [0.717, 1.165) is 42.5 Å². The van der Waals surface area contributed by atoms with Crippen molar-refractivity contribution < 1.29 is 4.79 Å². The number of fused-ring (bicyclic) bond motifs is 1. The molecular formula is C21H28N6O. The fourth-order valence-electron chi connectivity index (χ4n) is 4.02. The first-order chi connectivity index (χ1) is 13.5. The van der Waals surface area contributed by atoms with Gasteiger partial charge in [-0.3, -0.25) is 9.48 Å². The quantitative estimate of drug-likeness (QED) is 0.659. The highest BCUT2D eigenvalue weighted by Gasteiger charge is 2.26. The molecule has 0 aromatic carbocycles. The molecule has 0 spiro atoms. The highest BCUT2D eigenvalue weighted by molar-refractivity contribution is 5.84. The van der Waals surface area contributed by atoms with Gasteiger partial charge in [0.25, 0.3) is 0 Å². The van der Waals surface area contributed by atoms with E-state index in [4.69, 9.17) is 4.98 Å². The Morgan fingerprint density at radius 2 is 2.18 bits per heavy atom. The number of hydrogen-bond acceptors (Lipinski definition) is 5. The Morgan fingerprint density at radius 3 is 2.89 bits per heavy atom. The van der Waals surface area contributed by atoms with Gasteiger partial charge in [0.2, 0.25) is 5.95 Å². The van der Waals surface area contributed by atoms with E-state index >= 15 is 0 Å². The van der Waals surface area contributed by atoms with E-state index in [-0.39, 0.29) is 11.8 Å². The van der Waals surface area contributed by atoms with Crippen LogP contribution in [0.4, 0.5) is 11.6 Å². The molecule has 4 rings (SSSR count). The van der Waals surface area contributed by atoms with Crippen molar-refractivity contribution in [1.82, 2.24) is 24.3 Å². The van der Waals surface area contributed by atoms with Crippen LogP contribution in [0.1, 0.15) is 52.5 Å². The minimum atomic E-state index is -0.127. The fourth-order valence-corrected chi connectivity index (χ4v) is 4.02. The molecular weight excluding hydrogens is 352 g/mol. The van der Waals surface area contributed by atoms with Crippen LogP contribution < -0.4 is 5.32 Å². The van der Waals surface area contributed by atoms with Gasteiger partial charge in [-0.1, -0.05) is 27.2 Å². The molecule has 3 heterocycles. The molecule has 1 aliphatic carbocycles. The van der Waals surface area contributed by atoms with Crippen molar-refractivity contribution >= 4 is 28.5 Å². The van der Waals surface area contributed by atoms with Crippen LogP contribution in [0.2, 0.25) is 0 Å². The van der Waals surface area contributed by atoms with E-state index in [2.05, 4.69) is 53.0 Å². The van der Waals surface area contributed by atoms with Gasteiger partial charge in [0, 0.05) is 36.9 Å². The van der Waals surface area contributed by atoms with Gasteiger partial charge >= 0.3 is 0 Å². The van der Waals surface area contributed by atoms with Gasteiger partial charge in [0.1, 0.15) is 11.7 Å². The number of nitrogens with one attached hydrogen (secondary N) is 1. The third kappa shape index (κ3) is 3.66. The fraction of sp³-hybridized carbons (Fsp3) is 0.524. The van der Waals surface area contributed by atoms with Crippen LogP contribution in [0.5, 0.6) is 0 Å². The van der Waals surface area contributed by atoms with E-state index < -0.39 is 0 Å². The Bertz CT molecular complexity index is 972. The van der Waals surface area contributed by atoms with Gasteiger partial charge in [-0.25, -0.2) is 4.98 Å². The average molecular weight is 380 g/mol. The number of nitrogens with zero attached hydrogens (tertiary/aromatic N) is 5. The summed E-state index contributed by atoms with van der Waals surface area (Å²) >= 11 is 0. The van der Waals surface area contributed by atoms with Crippen molar-refractivity contribution in [2.75, 3.05) is 5.32 Å². The second-order valence-electron chi connectivity index (χ2n) is 8.06. The highest BCUT2D eigenvalue weighted by atomic mass is 16.1. The van der Waals surface area contributed by atoms with Gasteiger partial charge in [-0.15, -0.1) is 0 Å². The predicted octanol–water partition coefficient (Wildman–Crippen LogP) is 4.35. The number of anilines is 2. The van der Waals surface area contributed by atoms with Crippen molar-refractivity contribution in [2.24, 2.45) is 11.8 Å². The number of carbonyl (C=O) groups is 1. The number of ketones is 1. The van der Waals surface area contributed by atoms with Gasteiger partial charge < -0.3 is 9.88 Å². The summed E-state index contributed by atoms with van der Waals surface area (Å²) in [5.74, 6) is 2.05. The number of carbonyl (C=O) groups excluding carboxylic acids is 1. The molecule has 1 aliphatic rings. The summed E-state index contributed by atoms with van der Waals surface area (Å²) in [6, 6.07) is 1.94. The summed E-state index contributed by atoms with van der Waals surface area (Å²) in [6.45, 7) is 7.74. The maximum absolute atomic E-state index is 11.9. The maximum Gasteiger partial charge on any atom is 0.229 e. The van der Waals surface area contributed by atoms with E-state index in [1.54, 1.807) is 10.9 Å². The van der Waals surface area contributed by atoms with Gasteiger partial charge in [-0.05, 0) is 30.7 Å². The molecule has 0 amide bonds. The molecule has 0 radical (unpaired) electrons. The van der Waals surface area contributed by atoms with Crippen molar-refractivity contribution in [3.63, 3.8) is 0 Å². The summed E-state index contributed by atoms with van der Waals surface area (Å²) in [7, 11) is 0. The molecule has 7 heteroatoms. The lowest BCUT2D eigenvalue weighted by Gasteiger charge is -2.20. The van der Waals surface area contributed by atoms with Crippen molar-refractivity contribution in [3.8, 4) is 0 Å². The zero-order valence-corrected chi connectivity index (χ0v) is 16.8. The Balaban J connectivity index is 1.54. The molecule has 0 aliphatic heterocycles. The Kier molecular flexibility index (Phi) is 5.15. The van der Waals surface area contributed by atoms with Gasteiger partial charge in [0.15, 0.2) is 5.78 Å². The Labute approximate surface area is 165 Å². The SMILES string of the molecule is CC[C@H](Cn1ccc2cnc(Nc3cnn(C4CCCC4=O)c3)nc21)C(C)C. The first-order valence-corrected chi connectivity index (χ1v) is 10.2. The van der Waals surface area contributed by atoms with Crippen molar-refractivity contribution in [2.45, 2.75) is 59.0 Å². The summed E-state index contributed by atoms with van der Waals surface area (Å²) in [6.07, 6.45) is 11.1. The smallest absolute Gasteiger partial charge is 0.229 e. The zero-order valence-electron chi connectivity index (χ0n) is 16.8. The lowest BCUT2D eigenvalue weighted by atomic mass is 9.93. The standard InChI is InChI=1S/C21H28N6O/c1-4-15(14(2)3)12-26-9-8-16-10-22-21(25-20(16)26)24-17-11-23-27(13-17)18-6-5-7-19(18)28/h8-11,13-15,18H,4-7,12H2,1-3H3,(H,22,24,25)/t15-,18?/m1/s1. The monoisotopic (exact) mass is 380 g/mol. The van der Waals surface area contributed by atoms with Crippen LogP contribution in [0, 0.1) is 11.8 Å². The van der Waals surface area contributed by atoms with Crippen LogP contribution in [0.25, 0.3) is 11.0 Å². The third-order valence-corrected chi connectivity index (χ3v) is 5.85. The van der Waals surface area contributed by atoms with E-state index in [0.29, 0.717) is 24.2 Å². The normalized spacial score (nSPS) is 18.3. The minimum Gasteiger partial charge on any atom is -0.332 e. The topological polar surface area (TPSA) is 77.6 Å². The molecule has 1 N–H and O–H groups in total. The van der Waals surface area contributed by atoms with Crippen LogP contribution in [0.3, 0.4) is 0 Å². The summed E-state index contributed by atoms with van der Waals surface area (Å²) in [5.41, 5.74) is 1.74. The van der Waals surface area contributed by atoms with E-state index in [1.165, 1.54) is 0 Å². The zero-order chi connectivity index (χ0) is 19.7. The first kappa shape index (κ1) is 18.7. The maximum atomic E-state index is 11.9. The van der Waals surface area contributed by atoms with E-state index in [1.807, 2.05) is 12.4 Å². The Hall–Kier alpha value is -2.70.